The number of hydrogen-bond donors (Lipinski definition) is 2. The Hall–Kier alpha value is -3.13. The molecule has 2 N–H and O–H groups in total. The summed E-state index contributed by atoms with van der Waals surface area (Å²) < 4.78 is 11.1. The lowest BCUT2D eigenvalue weighted by atomic mass is 10.2. The van der Waals surface area contributed by atoms with Gasteiger partial charge in [-0.2, -0.15) is 0 Å². The molecule has 0 bridgehead atoms. The van der Waals surface area contributed by atoms with Gasteiger partial charge in [0.2, 0.25) is 5.13 Å². The van der Waals surface area contributed by atoms with Crippen LogP contribution in [0.15, 0.2) is 48.5 Å². The van der Waals surface area contributed by atoms with Gasteiger partial charge in [-0.1, -0.05) is 30.4 Å². The van der Waals surface area contributed by atoms with E-state index in [9.17, 15) is 4.79 Å². The second kappa shape index (κ2) is 9.70. The third-order valence-electron chi connectivity index (χ3n) is 3.80. The molecule has 0 aliphatic heterocycles. The standard InChI is InChI=1S/C20H22N4O3S/c1-3-14-5-9-17(10-6-14)27-13-18-23-24-20(28-18)22-19(25)21-15-7-11-16(12-8-15)26-4-2/h5-12H,3-4,13H2,1-2H3,(H2,21,22,24,25). The first kappa shape index (κ1) is 19.6. The minimum atomic E-state index is -0.386. The van der Waals surface area contributed by atoms with E-state index in [0.29, 0.717) is 29.0 Å². The average molecular weight is 398 g/mol. The van der Waals surface area contributed by atoms with Crippen LogP contribution in [0.1, 0.15) is 24.4 Å². The number of anilines is 2. The maximum Gasteiger partial charge on any atom is 0.325 e. The van der Waals surface area contributed by atoms with Crippen molar-refractivity contribution in [3.05, 3.63) is 59.1 Å². The molecule has 0 fully saturated rings. The molecule has 0 saturated carbocycles. The molecule has 3 aromatic rings. The highest BCUT2D eigenvalue weighted by Gasteiger charge is 2.09. The number of carbonyl (C=O) groups excluding carboxylic acids is 1. The van der Waals surface area contributed by atoms with Crippen molar-refractivity contribution in [3.63, 3.8) is 0 Å². The number of hydrogen-bond acceptors (Lipinski definition) is 6. The second-order valence-corrected chi connectivity index (χ2v) is 6.89. The summed E-state index contributed by atoms with van der Waals surface area (Å²) in [5, 5.41) is 14.5. The lowest BCUT2D eigenvalue weighted by molar-refractivity contribution is 0.262. The predicted octanol–water partition coefficient (Wildman–Crippen LogP) is 4.72. The Bertz CT molecular complexity index is 895. The zero-order valence-electron chi connectivity index (χ0n) is 15.8. The summed E-state index contributed by atoms with van der Waals surface area (Å²) in [6.45, 7) is 4.92. The molecule has 0 spiro atoms. The van der Waals surface area contributed by atoms with Crippen molar-refractivity contribution in [3.8, 4) is 11.5 Å². The van der Waals surface area contributed by atoms with Crippen molar-refractivity contribution in [2.45, 2.75) is 26.9 Å². The van der Waals surface area contributed by atoms with Crippen molar-refractivity contribution in [2.75, 3.05) is 17.2 Å². The Morgan fingerprint density at radius 2 is 1.61 bits per heavy atom. The highest BCUT2D eigenvalue weighted by Crippen LogP contribution is 2.20. The van der Waals surface area contributed by atoms with Gasteiger partial charge in [-0.3, -0.25) is 5.32 Å². The van der Waals surface area contributed by atoms with E-state index in [1.807, 2.05) is 31.2 Å². The van der Waals surface area contributed by atoms with E-state index in [0.717, 1.165) is 17.9 Å². The quantitative estimate of drug-likeness (QED) is 0.573. The van der Waals surface area contributed by atoms with Crippen molar-refractivity contribution in [2.24, 2.45) is 0 Å². The fraction of sp³-hybridized carbons (Fsp3) is 0.250. The molecule has 28 heavy (non-hydrogen) atoms. The van der Waals surface area contributed by atoms with Crippen LogP contribution in [0.4, 0.5) is 15.6 Å². The zero-order chi connectivity index (χ0) is 19.8. The summed E-state index contributed by atoms with van der Waals surface area (Å²) in [4.78, 5) is 12.1. The maximum absolute atomic E-state index is 12.1. The van der Waals surface area contributed by atoms with Gasteiger partial charge in [0.25, 0.3) is 0 Å². The van der Waals surface area contributed by atoms with Gasteiger partial charge in [0.05, 0.1) is 6.61 Å². The highest BCUT2D eigenvalue weighted by atomic mass is 32.1. The number of aromatic nitrogens is 2. The number of ether oxygens (including phenoxy) is 2. The number of rotatable bonds is 8. The average Bonchev–Trinajstić information content (AvgIpc) is 3.15. The summed E-state index contributed by atoms with van der Waals surface area (Å²) in [6.07, 6.45) is 0.991. The van der Waals surface area contributed by atoms with Crippen molar-refractivity contribution < 1.29 is 14.3 Å². The fourth-order valence-electron chi connectivity index (χ4n) is 2.39. The molecule has 0 aliphatic rings. The van der Waals surface area contributed by atoms with Gasteiger partial charge in [0.15, 0.2) is 5.01 Å². The topological polar surface area (TPSA) is 85.4 Å². The molecular weight excluding hydrogens is 376 g/mol. The Labute approximate surface area is 167 Å². The van der Waals surface area contributed by atoms with Gasteiger partial charge in [-0.25, -0.2) is 4.79 Å². The fourth-order valence-corrected chi connectivity index (χ4v) is 3.04. The SMILES string of the molecule is CCOc1ccc(NC(=O)Nc2nnc(COc3ccc(CC)cc3)s2)cc1. The number of carbonyl (C=O) groups is 1. The lowest BCUT2D eigenvalue weighted by Crippen LogP contribution is -2.19. The van der Waals surface area contributed by atoms with Crippen molar-refractivity contribution in [1.82, 2.24) is 10.2 Å². The molecule has 7 nitrogen and oxygen atoms in total. The van der Waals surface area contributed by atoms with Crippen LogP contribution in [-0.4, -0.2) is 22.8 Å². The molecule has 0 unspecified atom stereocenters. The summed E-state index contributed by atoms with van der Waals surface area (Å²) in [5.41, 5.74) is 1.91. The Morgan fingerprint density at radius 1 is 0.929 bits per heavy atom. The monoisotopic (exact) mass is 398 g/mol. The number of urea groups is 1. The van der Waals surface area contributed by atoms with E-state index < -0.39 is 0 Å². The molecule has 1 aromatic heterocycles. The summed E-state index contributed by atoms with van der Waals surface area (Å²) in [7, 11) is 0. The van der Waals surface area contributed by atoms with Gasteiger partial charge < -0.3 is 14.8 Å². The van der Waals surface area contributed by atoms with E-state index in [4.69, 9.17) is 9.47 Å². The Balaban J connectivity index is 1.48. The van der Waals surface area contributed by atoms with Gasteiger partial charge in [-0.15, -0.1) is 10.2 Å². The molecule has 0 aliphatic carbocycles. The molecule has 8 heteroatoms. The first-order chi connectivity index (χ1) is 13.7. The second-order valence-electron chi connectivity index (χ2n) is 5.82. The molecule has 0 atom stereocenters. The van der Waals surface area contributed by atoms with E-state index in [1.54, 1.807) is 24.3 Å². The van der Waals surface area contributed by atoms with Crippen LogP contribution in [0, 0.1) is 0 Å². The smallest absolute Gasteiger partial charge is 0.325 e. The summed E-state index contributed by atoms with van der Waals surface area (Å²) >= 11 is 1.27. The third kappa shape index (κ3) is 5.68. The molecule has 1 heterocycles. The molecule has 0 saturated heterocycles. The number of benzene rings is 2. The minimum absolute atomic E-state index is 0.297. The minimum Gasteiger partial charge on any atom is -0.494 e. The van der Waals surface area contributed by atoms with Crippen LogP contribution in [0.3, 0.4) is 0 Å². The van der Waals surface area contributed by atoms with Crippen molar-refractivity contribution >= 4 is 28.2 Å². The number of amides is 2. The highest BCUT2D eigenvalue weighted by molar-refractivity contribution is 7.15. The Morgan fingerprint density at radius 3 is 2.29 bits per heavy atom. The van der Waals surface area contributed by atoms with Crippen LogP contribution in [0.5, 0.6) is 11.5 Å². The number of nitrogens with zero attached hydrogens (tertiary/aromatic N) is 2. The maximum atomic E-state index is 12.1. The molecule has 0 radical (unpaired) electrons. The van der Waals surface area contributed by atoms with Gasteiger partial charge in [0, 0.05) is 5.69 Å². The molecule has 146 valence electrons. The largest absolute Gasteiger partial charge is 0.494 e. The van der Waals surface area contributed by atoms with Gasteiger partial charge in [-0.05, 0) is 55.3 Å². The van der Waals surface area contributed by atoms with Crippen LogP contribution >= 0.6 is 11.3 Å². The van der Waals surface area contributed by atoms with E-state index in [2.05, 4.69) is 27.8 Å². The first-order valence-electron chi connectivity index (χ1n) is 9.01. The van der Waals surface area contributed by atoms with E-state index >= 15 is 0 Å². The number of aryl methyl sites for hydroxylation is 1. The van der Waals surface area contributed by atoms with Crippen LogP contribution in [0.25, 0.3) is 0 Å². The summed E-state index contributed by atoms with van der Waals surface area (Å²) in [5.74, 6) is 1.53. The molecular formula is C20H22N4O3S. The van der Waals surface area contributed by atoms with E-state index in [-0.39, 0.29) is 6.03 Å². The molecule has 3 rings (SSSR count). The van der Waals surface area contributed by atoms with Crippen LogP contribution in [-0.2, 0) is 13.0 Å². The third-order valence-corrected chi connectivity index (χ3v) is 4.62. The molecule has 2 aromatic carbocycles. The lowest BCUT2D eigenvalue weighted by Gasteiger charge is -2.07. The van der Waals surface area contributed by atoms with Gasteiger partial charge >= 0.3 is 6.03 Å². The Kier molecular flexibility index (Phi) is 6.80. The first-order valence-corrected chi connectivity index (χ1v) is 9.83. The molecule has 2 amide bonds. The van der Waals surface area contributed by atoms with Gasteiger partial charge in [0.1, 0.15) is 18.1 Å². The summed E-state index contributed by atoms with van der Waals surface area (Å²) in [6, 6.07) is 14.7. The number of nitrogens with one attached hydrogen (secondary N) is 2. The van der Waals surface area contributed by atoms with Crippen molar-refractivity contribution in [1.29, 1.82) is 0 Å². The zero-order valence-corrected chi connectivity index (χ0v) is 16.6. The predicted molar refractivity (Wildman–Crippen MR) is 110 cm³/mol. The van der Waals surface area contributed by atoms with E-state index in [1.165, 1.54) is 16.9 Å². The normalized spacial score (nSPS) is 10.4. The van der Waals surface area contributed by atoms with Crippen LogP contribution in [0.2, 0.25) is 0 Å². The van der Waals surface area contributed by atoms with Crippen LogP contribution < -0.4 is 20.1 Å².